The van der Waals surface area contributed by atoms with Gasteiger partial charge in [-0.05, 0) is 30.7 Å². The number of ketones is 1. The van der Waals surface area contributed by atoms with E-state index in [0.717, 1.165) is 0 Å². The van der Waals surface area contributed by atoms with Gasteiger partial charge in [-0.25, -0.2) is 4.79 Å². The second-order valence-corrected chi connectivity index (χ2v) is 3.33. The first-order valence-corrected chi connectivity index (χ1v) is 5.32. The van der Waals surface area contributed by atoms with Gasteiger partial charge in [-0.3, -0.25) is 4.79 Å². The summed E-state index contributed by atoms with van der Waals surface area (Å²) in [5.41, 5.74) is 0.270. The minimum Gasteiger partial charge on any atom is -0.872 e. The summed E-state index contributed by atoms with van der Waals surface area (Å²) in [5, 5.41) is 11.7. The summed E-state index contributed by atoms with van der Waals surface area (Å²) in [7, 11) is 1.47. The van der Waals surface area contributed by atoms with Crippen molar-refractivity contribution in [3.8, 4) is 5.75 Å². The smallest absolute Gasteiger partial charge is 0.378 e. The fraction of sp³-hybridized carbons (Fsp3) is 0.231. The van der Waals surface area contributed by atoms with Crippen molar-refractivity contribution in [1.29, 1.82) is 0 Å². The normalized spacial score (nSPS) is 10.9. The first kappa shape index (κ1) is 13.8. The molecule has 0 heterocycles. The molecular formula is C13H13O5-. The van der Waals surface area contributed by atoms with Crippen LogP contribution in [0.2, 0.25) is 0 Å². The minimum atomic E-state index is -1.03. The first-order chi connectivity index (χ1) is 8.58. The zero-order valence-corrected chi connectivity index (χ0v) is 10.1. The Labute approximate surface area is 105 Å². The van der Waals surface area contributed by atoms with Crippen LogP contribution in [0.4, 0.5) is 0 Å². The molecule has 0 amide bonds. The van der Waals surface area contributed by atoms with Crippen LogP contribution in [-0.2, 0) is 14.3 Å². The lowest BCUT2D eigenvalue weighted by Gasteiger charge is -2.12. The quantitative estimate of drug-likeness (QED) is 0.329. The van der Waals surface area contributed by atoms with E-state index in [1.54, 1.807) is 19.1 Å². The van der Waals surface area contributed by atoms with E-state index in [2.05, 4.69) is 4.74 Å². The van der Waals surface area contributed by atoms with Crippen LogP contribution in [0.3, 0.4) is 0 Å². The molecule has 0 aliphatic carbocycles. The molecule has 0 N–H and O–H groups in total. The highest BCUT2D eigenvalue weighted by atomic mass is 16.5. The van der Waals surface area contributed by atoms with E-state index in [1.807, 2.05) is 0 Å². The average Bonchev–Trinajstić information content (AvgIpc) is 2.39. The molecule has 18 heavy (non-hydrogen) atoms. The third-order valence-electron chi connectivity index (χ3n) is 2.09. The maximum Gasteiger partial charge on any atom is 0.378 e. The molecule has 0 unspecified atom stereocenters. The maximum absolute atomic E-state index is 11.7. The van der Waals surface area contributed by atoms with Gasteiger partial charge in [0.2, 0.25) is 0 Å². The van der Waals surface area contributed by atoms with Crippen LogP contribution in [-0.4, -0.2) is 25.5 Å². The van der Waals surface area contributed by atoms with E-state index in [-0.39, 0.29) is 12.2 Å². The number of hydrogen-bond acceptors (Lipinski definition) is 5. The summed E-state index contributed by atoms with van der Waals surface area (Å²) in [6, 6.07) is 6.30. The zero-order valence-electron chi connectivity index (χ0n) is 10.1. The topological polar surface area (TPSA) is 75.7 Å². The molecule has 0 aliphatic heterocycles. The van der Waals surface area contributed by atoms with Crippen LogP contribution in [0.5, 0.6) is 5.75 Å². The molecule has 1 rings (SSSR count). The highest BCUT2D eigenvalue weighted by Crippen LogP contribution is 2.16. The van der Waals surface area contributed by atoms with Crippen molar-refractivity contribution in [1.82, 2.24) is 0 Å². The molecule has 96 valence electrons. The Balaban J connectivity index is 2.88. The fourth-order valence-electron chi connectivity index (χ4n) is 1.24. The Morgan fingerprint density at radius 2 is 2.11 bits per heavy atom. The predicted molar refractivity (Wildman–Crippen MR) is 62.6 cm³/mol. The summed E-state index contributed by atoms with van der Waals surface area (Å²) in [6.07, 6.45) is 0.715. The van der Waals surface area contributed by atoms with Crippen molar-refractivity contribution in [3.05, 3.63) is 35.9 Å². The molecule has 0 radical (unpaired) electrons. The third kappa shape index (κ3) is 3.62. The Bertz CT molecular complexity index is 476. The van der Waals surface area contributed by atoms with Gasteiger partial charge in [0.15, 0.2) is 0 Å². The number of esters is 1. The van der Waals surface area contributed by atoms with Crippen LogP contribution >= 0.6 is 0 Å². The molecule has 0 spiro atoms. The molecule has 0 fully saturated rings. The van der Waals surface area contributed by atoms with Gasteiger partial charge in [0.05, 0.1) is 13.7 Å². The number of methoxy groups -OCH3 is 1. The molecule has 0 saturated heterocycles. The van der Waals surface area contributed by atoms with Crippen LogP contribution in [0, 0.1) is 0 Å². The molecule has 5 nitrogen and oxygen atoms in total. The third-order valence-corrected chi connectivity index (χ3v) is 2.09. The largest absolute Gasteiger partial charge is 0.872 e. The van der Waals surface area contributed by atoms with Crippen LogP contribution in [0.15, 0.2) is 30.3 Å². The summed E-state index contributed by atoms with van der Waals surface area (Å²) >= 11 is 0. The second kappa shape index (κ2) is 6.44. The van der Waals surface area contributed by atoms with E-state index >= 15 is 0 Å². The Morgan fingerprint density at radius 1 is 1.39 bits per heavy atom. The Hall–Kier alpha value is -2.30. The van der Waals surface area contributed by atoms with E-state index in [9.17, 15) is 14.7 Å². The van der Waals surface area contributed by atoms with Crippen molar-refractivity contribution < 1.29 is 24.2 Å². The summed E-state index contributed by atoms with van der Waals surface area (Å²) in [5.74, 6) is -2.07. The lowest BCUT2D eigenvalue weighted by molar-refractivity contribution is -0.244. The number of benzene rings is 1. The van der Waals surface area contributed by atoms with Crippen LogP contribution in [0.25, 0.3) is 5.76 Å². The van der Waals surface area contributed by atoms with Crippen molar-refractivity contribution >= 4 is 17.5 Å². The average molecular weight is 249 g/mol. The molecule has 5 heteroatoms. The molecule has 1 aromatic carbocycles. The van der Waals surface area contributed by atoms with Crippen LogP contribution < -0.4 is 9.84 Å². The number of rotatable bonds is 5. The monoisotopic (exact) mass is 249 g/mol. The highest BCUT2D eigenvalue weighted by molar-refractivity contribution is 6.39. The second-order valence-electron chi connectivity index (χ2n) is 3.33. The highest BCUT2D eigenvalue weighted by Gasteiger charge is 2.11. The fourth-order valence-corrected chi connectivity index (χ4v) is 1.24. The lowest BCUT2D eigenvalue weighted by atomic mass is 10.1. The van der Waals surface area contributed by atoms with E-state index in [4.69, 9.17) is 4.74 Å². The van der Waals surface area contributed by atoms with Crippen molar-refractivity contribution in [2.45, 2.75) is 6.92 Å². The van der Waals surface area contributed by atoms with Gasteiger partial charge in [0, 0.05) is 0 Å². The first-order valence-electron chi connectivity index (χ1n) is 5.32. The van der Waals surface area contributed by atoms with E-state index in [0.29, 0.717) is 11.8 Å². The molecular weight excluding hydrogens is 236 g/mol. The van der Waals surface area contributed by atoms with Gasteiger partial charge in [0.1, 0.15) is 5.75 Å². The van der Waals surface area contributed by atoms with Gasteiger partial charge < -0.3 is 14.6 Å². The summed E-state index contributed by atoms with van der Waals surface area (Å²) in [4.78, 5) is 22.3. The molecule has 0 aliphatic rings. The van der Waals surface area contributed by atoms with Crippen molar-refractivity contribution in [2.75, 3.05) is 13.7 Å². The zero-order chi connectivity index (χ0) is 13.5. The van der Waals surface area contributed by atoms with Gasteiger partial charge in [-0.15, -0.1) is 0 Å². The lowest BCUT2D eigenvalue weighted by Crippen LogP contribution is -2.17. The standard InChI is InChI=1S/C13H14O5/c1-3-18-13(16)12(15)8-11(14)9-5-4-6-10(7-9)17-2/h4-8,14H,3H2,1-2H3/p-1/b11-8-. The van der Waals surface area contributed by atoms with Crippen LogP contribution in [0.1, 0.15) is 12.5 Å². The maximum atomic E-state index is 11.7. The summed E-state index contributed by atoms with van der Waals surface area (Å²) in [6.45, 7) is 1.67. The molecule has 0 atom stereocenters. The molecule has 0 aromatic heterocycles. The van der Waals surface area contributed by atoms with Gasteiger partial charge in [-0.2, -0.15) is 0 Å². The molecule has 0 bridgehead atoms. The van der Waals surface area contributed by atoms with Gasteiger partial charge in [0.25, 0.3) is 5.78 Å². The Morgan fingerprint density at radius 3 is 2.72 bits per heavy atom. The number of carbonyl (C=O) groups excluding carboxylic acids is 2. The molecule has 1 aromatic rings. The van der Waals surface area contributed by atoms with Gasteiger partial charge in [-0.1, -0.05) is 17.9 Å². The number of ether oxygens (including phenoxy) is 2. The number of carbonyl (C=O) groups is 2. The Kier molecular flexibility index (Phi) is 4.92. The predicted octanol–water partition coefficient (Wildman–Crippen LogP) is 0.529. The minimum absolute atomic E-state index is 0.0891. The SMILES string of the molecule is CCOC(=O)C(=O)/C=C(\[O-])c1cccc(OC)c1. The van der Waals surface area contributed by atoms with E-state index in [1.165, 1.54) is 19.2 Å². The number of hydrogen-bond donors (Lipinski definition) is 0. The van der Waals surface area contributed by atoms with Crippen molar-refractivity contribution in [3.63, 3.8) is 0 Å². The van der Waals surface area contributed by atoms with Crippen molar-refractivity contribution in [2.24, 2.45) is 0 Å². The summed E-state index contributed by atoms with van der Waals surface area (Å²) < 4.78 is 9.44. The van der Waals surface area contributed by atoms with E-state index < -0.39 is 17.5 Å². The van der Waals surface area contributed by atoms with Gasteiger partial charge >= 0.3 is 5.97 Å². The molecule has 0 saturated carbocycles.